The highest BCUT2D eigenvalue weighted by Gasteiger charge is 2.25. The van der Waals surface area contributed by atoms with Crippen molar-refractivity contribution in [3.63, 3.8) is 0 Å². The van der Waals surface area contributed by atoms with Gasteiger partial charge in [-0.1, -0.05) is 0 Å². The molecular weight excluding hydrogens is 210 g/mol. The number of nitrogens with one attached hydrogen (secondary N) is 2. The molecule has 5 nitrogen and oxygen atoms in total. The molecule has 0 aliphatic carbocycles. The van der Waals surface area contributed by atoms with Crippen LogP contribution in [0.5, 0.6) is 0 Å². The van der Waals surface area contributed by atoms with Crippen molar-refractivity contribution in [3.05, 3.63) is 18.5 Å². The summed E-state index contributed by atoms with van der Waals surface area (Å²) in [5, 5.41) is 2.80. The highest BCUT2D eigenvalue weighted by molar-refractivity contribution is 7.92. The average molecular weight is 215 g/mol. The zero-order valence-electron chi connectivity index (χ0n) is 6.31. The van der Waals surface area contributed by atoms with E-state index in [4.69, 9.17) is 12.2 Å². The Labute approximate surface area is 80.2 Å². The van der Waals surface area contributed by atoms with E-state index in [9.17, 15) is 8.42 Å². The first-order valence-corrected chi connectivity index (χ1v) is 5.26. The topological polar surface area (TPSA) is 71.1 Å². The summed E-state index contributed by atoms with van der Waals surface area (Å²) in [7, 11) is -3.51. The second kappa shape index (κ2) is 2.64. The van der Waals surface area contributed by atoms with Crippen LogP contribution in [0.25, 0.3) is 0 Å². The third-order valence-corrected chi connectivity index (χ3v) is 3.26. The summed E-state index contributed by atoms with van der Waals surface area (Å²) in [5.41, 5.74) is 0.457. The van der Waals surface area contributed by atoms with Crippen molar-refractivity contribution in [1.29, 1.82) is 0 Å². The van der Waals surface area contributed by atoms with E-state index in [2.05, 4.69) is 15.0 Å². The molecular formula is C6H5N3O2S2. The van der Waals surface area contributed by atoms with E-state index in [1.54, 1.807) is 6.07 Å². The molecule has 7 heteroatoms. The molecule has 0 radical (unpaired) electrons. The maximum atomic E-state index is 11.4. The van der Waals surface area contributed by atoms with Crippen molar-refractivity contribution in [2.75, 3.05) is 5.32 Å². The van der Waals surface area contributed by atoms with Crippen molar-refractivity contribution in [2.24, 2.45) is 0 Å². The quantitative estimate of drug-likeness (QED) is 0.599. The Morgan fingerprint density at radius 1 is 1.46 bits per heavy atom. The zero-order chi connectivity index (χ0) is 9.47. The number of rotatable bonds is 0. The van der Waals surface area contributed by atoms with Crippen LogP contribution < -0.4 is 10.0 Å². The highest BCUT2D eigenvalue weighted by Crippen LogP contribution is 2.22. The SMILES string of the molecule is O=S1(=O)NC(=S)Nc2ccncc21. The molecule has 2 N–H and O–H groups in total. The maximum Gasteiger partial charge on any atom is 0.267 e. The van der Waals surface area contributed by atoms with Crippen LogP contribution in [0.1, 0.15) is 0 Å². The van der Waals surface area contributed by atoms with Gasteiger partial charge in [0.05, 0.1) is 5.69 Å². The molecule has 0 unspecified atom stereocenters. The number of thiocarbonyl (C=S) groups is 1. The Kier molecular flexibility index (Phi) is 1.70. The fourth-order valence-corrected chi connectivity index (χ4v) is 2.47. The van der Waals surface area contributed by atoms with Gasteiger partial charge in [0.15, 0.2) is 5.11 Å². The Bertz CT molecular complexity index is 469. The fourth-order valence-electron chi connectivity index (χ4n) is 1.02. The van der Waals surface area contributed by atoms with Crippen LogP contribution in [0.4, 0.5) is 5.69 Å². The van der Waals surface area contributed by atoms with E-state index in [0.717, 1.165) is 0 Å². The van der Waals surface area contributed by atoms with Crippen molar-refractivity contribution in [2.45, 2.75) is 4.90 Å². The third kappa shape index (κ3) is 1.36. The number of hydrogen-bond donors (Lipinski definition) is 2. The number of sulfonamides is 1. The minimum Gasteiger partial charge on any atom is -0.331 e. The molecule has 0 fully saturated rings. The van der Waals surface area contributed by atoms with Gasteiger partial charge in [-0.25, -0.2) is 8.42 Å². The predicted molar refractivity (Wildman–Crippen MR) is 50.8 cm³/mol. The fraction of sp³-hybridized carbons (Fsp3) is 0. The summed E-state index contributed by atoms with van der Waals surface area (Å²) in [6, 6.07) is 1.56. The monoisotopic (exact) mass is 215 g/mol. The van der Waals surface area contributed by atoms with Crippen LogP contribution in [-0.4, -0.2) is 18.5 Å². The molecule has 0 saturated carbocycles. The second-order valence-corrected chi connectivity index (χ2v) is 4.49. The standard InChI is InChI=1S/C6H5N3O2S2/c10-13(11)5-3-7-2-1-4(5)8-6(12)9-13/h1-3H,(H2,8,9,12). The van der Waals surface area contributed by atoms with Crippen LogP contribution >= 0.6 is 12.2 Å². The molecule has 0 saturated heterocycles. The molecule has 2 heterocycles. The molecule has 13 heavy (non-hydrogen) atoms. The Morgan fingerprint density at radius 2 is 2.23 bits per heavy atom. The lowest BCUT2D eigenvalue weighted by molar-refractivity contribution is 0.592. The van der Waals surface area contributed by atoms with Gasteiger partial charge < -0.3 is 5.32 Å². The van der Waals surface area contributed by atoms with Gasteiger partial charge in [-0.3, -0.25) is 9.71 Å². The number of aromatic nitrogens is 1. The molecule has 1 aliphatic rings. The van der Waals surface area contributed by atoms with Gasteiger partial charge in [-0.15, -0.1) is 0 Å². The van der Waals surface area contributed by atoms with Crippen LogP contribution in [0.3, 0.4) is 0 Å². The summed E-state index contributed by atoms with van der Waals surface area (Å²) >= 11 is 4.71. The van der Waals surface area contributed by atoms with Crippen LogP contribution in [0.2, 0.25) is 0 Å². The Hall–Kier alpha value is -1.21. The van der Waals surface area contributed by atoms with Gasteiger partial charge in [0.25, 0.3) is 10.0 Å². The lowest BCUT2D eigenvalue weighted by Crippen LogP contribution is -2.39. The van der Waals surface area contributed by atoms with Gasteiger partial charge in [-0.2, -0.15) is 0 Å². The molecule has 0 atom stereocenters. The lowest BCUT2D eigenvalue weighted by Gasteiger charge is -2.19. The summed E-state index contributed by atoms with van der Waals surface area (Å²) < 4.78 is 25.0. The largest absolute Gasteiger partial charge is 0.331 e. The number of fused-ring (bicyclic) bond motifs is 1. The van der Waals surface area contributed by atoms with Crippen LogP contribution in [0, 0.1) is 0 Å². The van der Waals surface area contributed by atoms with Gasteiger partial charge in [0.2, 0.25) is 0 Å². The van der Waals surface area contributed by atoms with Crippen molar-refractivity contribution in [3.8, 4) is 0 Å². The van der Waals surface area contributed by atoms with Crippen molar-refractivity contribution in [1.82, 2.24) is 9.71 Å². The van der Waals surface area contributed by atoms with Crippen LogP contribution in [-0.2, 0) is 10.0 Å². The van der Waals surface area contributed by atoms with Gasteiger partial charge in [0, 0.05) is 12.4 Å². The van der Waals surface area contributed by atoms with E-state index < -0.39 is 10.0 Å². The molecule has 68 valence electrons. The molecule has 1 aliphatic heterocycles. The minimum absolute atomic E-state index is 0.0821. The normalized spacial score (nSPS) is 18.3. The van der Waals surface area contributed by atoms with Gasteiger partial charge in [-0.05, 0) is 18.3 Å². The molecule has 1 aromatic rings. The third-order valence-electron chi connectivity index (χ3n) is 1.55. The van der Waals surface area contributed by atoms with E-state index in [0.29, 0.717) is 5.69 Å². The minimum atomic E-state index is -3.51. The molecule has 2 rings (SSSR count). The molecule has 0 spiro atoms. The Morgan fingerprint density at radius 3 is 3.00 bits per heavy atom. The van der Waals surface area contributed by atoms with E-state index in [1.165, 1.54) is 12.4 Å². The lowest BCUT2D eigenvalue weighted by atomic mass is 10.4. The summed E-state index contributed by atoms with van der Waals surface area (Å²) in [6.07, 6.45) is 2.77. The number of anilines is 1. The van der Waals surface area contributed by atoms with Crippen LogP contribution in [0.15, 0.2) is 23.4 Å². The Balaban J connectivity index is 2.70. The first kappa shape index (κ1) is 8.39. The van der Waals surface area contributed by atoms with Crippen molar-refractivity contribution >= 4 is 33.0 Å². The molecule has 0 bridgehead atoms. The smallest absolute Gasteiger partial charge is 0.267 e. The average Bonchev–Trinajstić information content (AvgIpc) is 2.02. The second-order valence-electron chi connectivity index (χ2n) is 2.43. The summed E-state index contributed by atoms with van der Waals surface area (Å²) in [4.78, 5) is 3.83. The zero-order valence-corrected chi connectivity index (χ0v) is 7.95. The highest BCUT2D eigenvalue weighted by atomic mass is 32.2. The first-order valence-electron chi connectivity index (χ1n) is 3.37. The maximum absolute atomic E-state index is 11.4. The number of nitrogens with zero attached hydrogens (tertiary/aromatic N) is 1. The van der Waals surface area contributed by atoms with E-state index in [1.807, 2.05) is 0 Å². The predicted octanol–water partition coefficient (Wildman–Crippen LogP) is 0.0703. The van der Waals surface area contributed by atoms with Crippen molar-refractivity contribution < 1.29 is 8.42 Å². The first-order chi connectivity index (χ1) is 6.09. The summed E-state index contributed by atoms with van der Waals surface area (Å²) in [6.45, 7) is 0. The number of pyridine rings is 1. The van der Waals surface area contributed by atoms with E-state index >= 15 is 0 Å². The molecule has 0 amide bonds. The number of hydrogen-bond acceptors (Lipinski definition) is 4. The van der Waals surface area contributed by atoms with Gasteiger partial charge in [0.1, 0.15) is 4.90 Å². The van der Waals surface area contributed by atoms with Gasteiger partial charge >= 0.3 is 0 Å². The molecule has 0 aromatic carbocycles. The summed E-state index contributed by atoms with van der Waals surface area (Å²) in [5.74, 6) is 0. The molecule has 1 aromatic heterocycles. The van der Waals surface area contributed by atoms with E-state index in [-0.39, 0.29) is 10.0 Å².